The van der Waals surface area contributed by atoms with Crippen LogP contribution in [0.2, 0.25) is 5.02 Å². The predicted molar refractivity (Wildman–Crippen MR) is 104 cm³/mol. The molecule has 0 aliphatic heterocycles. The minimum Gasteiger partial charge on any atom is -0.348 e. The number of benzene rings is 4. The zero-order valence-corrected chi connectivity index (χ0v) is 14.6. The normalized spacial score (nSPS) is 11.0. The first-order valence-electron chi connectivity index (χ1n) is 8.25. The first kappa shape index (κ1) is 16.6. The maximum Gasteiger partial charge on any atom is 0.251 e. The van der Waals surface area contributed by atoms with Gasteiger partial charge in [-0.05, 0) is 51.9 Å². The molecule has 0 bridgehead atoms. The molecule has 4 aromatic carbocycles. The van der Waals surface area contributed by atoms with E-state index in [9.17, 15) is 9.18 Å². The van der Waals surface area contributed by atoms with Gasteiger partial charge in [0.2, 0.25) is 0 Å². The first-order chi connectivity index (χ1) is 12.6. The van der Waals surface area contributed by atoms with Crippen LogP contribution in [0.15, 0.2) is 72.8 Å². The average Bonchev–Trinajstić information content (AvgIpc) is 2.66. The van der Waals surface area contributed by atoms with Gasteiger partial charge in [0, 0.05) is 17.7 Å². The number of hydrogen-bond donors (Lipinski definition) is 1. The second kappa shape index (κ2) is 6.77. The van der Waals surface area contributed by atoms with Gasteiger partial charge in [-0.3, -0.25) is 4.79 Å². The van der Waals surface area contributed by atoms with Crippen LogP contribution in [0.1, 0.15) is 15.9 Å². The van der Waals surface area contributed by atoms with Gasteiger partial charge in [0.05, 0.1) is 5.02 Å². The highest BCUT2D eigenvalue weighted by Crippen LogP contribution is 2.24. The zero-order chi connectivity index (χ0) is 18.1. The van der Waals surface area contributed by atoms with Gasteiger partial charge in [-0.25, -0.2) is 4.39 Å². The van der Waals surface area contributed by atoms with E-state index in [0.717, 1.165) is 21.5 Å². The van der Waals surface area contributed by atoms with Crippen LogP contribution in [0.3, 0.4) is 0 Å². The number of hydrogen-bond acceptors (Lipinski definition) is 1. The van der Waals surface area contributed by atoms with Crippen molar-refractivity contribution in [3.8, 4) is 0 Å². The van der Waals surface area contributed by atoms with Gasteiger partial charge in [0.15, 0.2) is 0 Å². The van der Waals surface area contributed by atoms with Gasteiger partial charge in [0.1, 0.15) is 5.82 Å². The molecule has 0 saturated carbocycles. The number of halogens is 2. The van der Waals surface area contributed by atoms with Gasteiger partial charge in [-0.15, -0.1) is 0 Å². The van der Waals surface area contributed by atoms with Crippen molar-refractivity contribution < 1.29 is 9.18 Å². The largest absolute Gasteiger partial charge is 0.348 e. The number of carbonyl (C=O) groups is 1. The maximum absolute atomic E-state index is 13.9. The van der Waals surface area contributed by atoms with E-state index in [1.807, 2.05) is 30.3 Å². The molecule has 128 valence electrons. The molecular weight excluding hydrogens is 349 g/mol. The maximum atomic E-state index is 13.9. The molecule has 0 atom stereocenters. The Morgan fingerprint density at radius 3 is 2.31 bits per heavy atom. The Morgan fingerprint density at radius 1 is 0.846 bits per heavy atom. The molecule has 0 saturated heterocycles. The van der Waals surface area contributed by atoms with Crippen LogP contribution in [0.4, 0.5) is 4.39 Å². The Hall–Kier alpha value is -2.91. The molecule has 26 heavy (non-hydrogen) atoms. The SMILES string of the molecule is O=C(NCc1cccc(Cl)c1F)c1ccc2cc3ccccc3cc2c1. The molecule has 0 aromatic heterocycles. The van der Waals surface area contributed by atoms with Crippen LogP contribution < -0.4 is 5.32 Å². The van der Waals surface area contributed by atoms with Gasteiger partial charge in [-0.2, -0.15) is 0 Å². The van der Waals surface area contributed by atoms with E-state index in [-0.39, 0.29) is 17.5 Å². The van der Waals surface area contributed by atoms with E-state index < -0.39 is 5.82 Å². The van der Waals surface area contributed by atoms with Crippen LogP contribution in [-0.2, 0) is 6.54 Å². The highest BCUT2D eigenvalue weighted by atomic mass is 35.5. The van der Waals surface area contributed by atoms with Crippen molar-refractivity contribution in [1.29, 1.82) is 0 Å². The lowest BCUT2D eigenvalue weighted by atomic mass is 10.0. The molecule has 0 unspecified atom stereocenters. The molecule has 1 N–H and O–H groups in total. The summed E-state index contributed by atoms with van der Waals surface area (Å²) >= 11 is 5.77. The topological polar surface area (TPSA) is 29.1 Å². The van der Waals surface area contributed by atoms with Crippen molar-refractivity contribution in [3.63, 3.8) is 0 Å². The first-order valence-corrected chi connectivity index (χ1v) is 8.63. The number of nitrogens with one attached hydrogen (secondary N) is 1. The third kappa shape index (κ3) is 3.14. The summed E-state index contributed by atoms with van der Waals surface area (Å²) < 4.78 is 13.9. The lowest BCUT2D eigenvalue weighted by Crippen LogP contribution is -2.23. The van der Waals surface area contributed by atoms with Gasteiger partial charge in [-0.1, -0.05) is 54.1 Å². The number of amides is 1. The highest BCUT2D eigenvalue weighted by molar-refractivity contribution is 6.30. The minimum atomic E-state index is -0.501. The fraction of sp³-hybridized carbons (Fsp3) is 0.0455. The lowest BCUT2D eigenvalue weighted by Gasteiger charge is -2.09. The third-order valence-corrected chi connectivity index (χ3v) is 4.73. The molecular formula is C22H15ClFNO. The van der Waals surface area contributed by atoms with E-state index >= 15 is 0 Å². The molecule has 0 fully saturated rings. The number of rotatable bonds is 3. The molecule has 0 spiro atoms. The van der Waals surface area contributed by atoms with Crippen molar-refractivity contribution in [2.24, 2.45) is 0 Å². The van der Waals surface area contributed by atoms with Crippen LogP contribution >= 0.6 is 11.6 Å². The smallest absolute Gasteiger partial charge is 0.251 e. The summed E-state index contributed by atoms with van der Waals surface area (Å²) in [7, 11) is 0. The quantitative estimate of drug-likeness (QED) is 0.464. The van der Waals surface area contributed by atoms with Crippen molar-refractivity contribution in [1.82, 2.24) is 5.32 Å². The van der Waals surface area contributed by atoms with Crippen molar-refractivity contribution in [2.45, 2.75) is 6.54 Å². The molecule has 2 nitrogen and oxygen atoms in total. The molecule has 4 aromatic rings. The Balaban J connectivity index is 1.60. The molecule has 1 amide bonds. The number of fused-ring (bicyclic) bond motifs is 2. The van der Waals surface area contributed by atoms with Crippen LogP contribution in [0.5, 0.6) is 0 Å². The summed E-state index contributed by atoms with van der Waals surface area (Å²) in [6.07, 6.45) is 0. The Bertz CT molecular complexity index is 1140. The summed E-state index contributed by atoms with van der Waals surface area (Å²) in [6.45, 7) is 0.0843. The van der Waals surface area contributed by atoms with Crippen molar-refractivity contribution in [3.05, 3.63) is 94.8 Å². The zero-order valence-electron chi connectivity index (χ0n) is 13.8. The van der Waals surface area contributed by atoms with Gasteiger partial charge >= 0.3 is 0 Å². The summed E-state index contributed by atoms with van der Waals surface area (Å²) in [6, 6.07) is 22.6. The van der Waals surface area contributed by atoms with E-state index in [1.165, 1.54) is 6.07 Å². The summed E-state index contributed by atoms with van der Waals surface area (Å²) in [5, 5.41) is 7.14. The second-order valence-corrected chi connectivity index (χ2v) is 6.56. The van der Waals surface area contributed by atoms with Crippen molar-refractivity contribution >= 4 is 39.1 Å². The van der Waals surface area contributed by atoms with Gasteiger partial charge < -0.3 is 5.32 Å². The Kier molecular flexibility index (Phi) is 4.31. The van der Waals surface area contributed by atoms with E-state index in [4.69, 9.17) is 11.6 Å². The summed E-state index contributed by atoms with van der Waals surface area (Å²) in [5.41, 5.74) is 0.896. The molecule has 4 heteroatoms. The molecule has 4 rings (SSSR count). The van der Waals surface area contributed by atoms with Gasteiger partial charge in [0.25, 0.3) is 5.91 Å². The highest BCUT2D eigenvalue weighted by Gasteiger charge is 2.10. The fourth-order valence-corrected chi connectivity index (χ4v) is 3.24. The van der Waals surface area contributed by atoms with Crippen LogP contribution in [-0.4, -0.2) is 5.91 Å². The summed E-state index contributed by atoms with van der Waals surface area (Å²) in [4.78, 5) is 12.5. The van der Waals surface area contributed by atoms with Crippen LogP contribution in [0, 0.1) is 5.82 Å². The predicted octanol–water partition coefficient (Wildman–Crippen LogP) is 5.72. The van der Waals surface area contributed by atoms with Crippen LogP contribution in [0.25, 0.3) is 21.5 Å². The van der Waals surface area contributed by atoms with E-state index in [2.05, 4.69) is 23.5 Å². The number of carbonyl (C=O) groups excluding carboxylic acids is 1. The van der Waals surface area contributed by atoms with E-state index in [0.29, 0.717) is 11.1 Å². The molecule has 0 aliphatic rings. The van der Waals surface area contributed by atoms with Crippen molar-refractivity contribution in [2.75, 3.05) is 0 Å². The Labute approximate surface area is 155 Å². The summed E-state index contributed by atoms with van der Waals surface area (Å²) in [5.74, 6) is -0.751. The fourth-order valence-electron chi connectivity index (χ4n) is 3.04. The monoisotopic (exact) mass is 363 g/mol. The lowest BCUT2D eigenvalue weighted by molar-refractivity contribution is 0.0950. The second-order valence-electron chi connectivity index (χ2n) is 6.16. The average molecular weight is 364 g/mol. The van der Waals surface area contributed by atoms with E-state index in [1.54, 1.807) is 18.2 Å². The third-order valence-electron chi connectivity index (χ3n) is 4.44. The molecule has 0 aliphatic carbocycles. The Morgan fingerprint density at radius 2 is 1.54 bits per heavy atom. The molecule has 0 radical (unpaired) electrons. The standard InChI is InChI=1S/C22H15ClFNO/c23-20-7-3-6-18(21(20)24)13-25-22(26)17-9-8-16-10-14-4-1-2-5-15(14)11-19(16)12-17/h1-12H,13H2,(H,25,26). The molecule has 0 heterocycles. The minimum absolute atomic E-state index is 0.0503.